The maximum atomic E-state index is 8.86. The molecule has 1 heterocycles. The number of hydrogen-bond donors (Lipinski definition) is 1. The van der Waals surface area contributed by atoms with Crippen molar-refractivity contribution in [2.45, 2.75) is 19.3 Å². The summed E-state index contributed by atoms with van der Waals surface area (Å²) in [5.41, 5.74) is 3.82. The molecule has 4 nitrogen and oxygen atoms in total. The van der Waals surface area contributed by atoms with Gasteiger partial charge in [0.2, 0.25) is 0 Å². The Labute approximate surface area is 88.6 Å². The summed E-state index contributed by atoms with van der Waals surface area (Å²) in [7, 11) is 0. The maximum absolute atomic E-state index is 8.86. The molecule has 0 amide bonds. The van der Waals surface area contributed by atoms with Gasteiger partial charge in [-0.3, -0.25) is 5.43 Å². The van der Waals surface area contributed by atoms with Crippen LogP contribution in [-0.2, 0) is 0 Å². The molecule has 1 saturated carbocycles. The van der Waals surface area contributed by atoms with Crippen LogP contribution < -0.4 is 5.43 Å². The number of nitriles is 1. The second kappa shape index (κ2) is 4.56. The van der Waals surface area contributed by atoms with Crippen molar-refractivity contribution in [1.82, 2.24) is 4.98 Å². The topological polar surface area (TPSA) is 61.1 Å². The molecule has 1 N–H and O–H groups in total. The summed E-state index contributed by atoms with van der Waals surface area (Å²) in [5.74, 6) is 0.704. The van der Waals surface area contributed by atoms with E-state index in [0.717, 1.165) is 25.0 Å². The molecule has 1 aliphatic rings. The third-order valence-corrected chi connectivity index (χ3v) is 2.46. The standard InChI is InChI=1S/C11H12N4/c12-8-9-4-3-5-10(9)14-15-11-6-1-2-7-13-11/h1-2,6-7,9H,3-5H2,(H,13,15)/b14-10-. The Morgan fingerprint density at radius 3 is 3.20 bits per heavy atom. The van der Waals surface area contributed by atoms with Gasteiger partial charge in [-0.15, -0.1) is 0 Å². The highest BCUT2D eigenvalue weighted by Gasteiger charge is 2.21. The molecule has 1 aromatic rings. The van der Waals surface area contributed by atoms with E-state index in [-0.39, 0.29) is 5.92 Å². The van der Waals surface area contributed by atoms with E-state index in [2.05, 4.69) is 21.6 Å². The summed E-state index contributed by atoms with van der Waals surface area (Å²) in [6, 6.07) is 7.85. The molecule has 0 bridgehead atoms. The molecule has 1 aromatic heterocycles. The van der Waals surface area contributed by atoms with Crippen LogP contribution in [0.1, 0.15) is 19.3 Å². The first-order valence-corrected chi connectivity index (χ1v) is 5.03. The first kappa shape index (κ1) is 9.66. The lowest BCUT2D eigenvalue weighted by molar-refractivity contribution is 0.795. The van der Waals surface area contributed by atoms with Crippen molar-refractivity contribution < 1.29 is 0 Å². The van der Waals surface area contributed by atoms with Gasteiger partial charge in [-0.25, -0.2) is 4.98 Å². The molecule has 0 saturated heterocycles. The Morgan fingerprint density at radius 2 is 2.47 bits per heavy atom. The number of hydrazone groups is 1. The Hall–Kier alpha value is -1.89. The Bertz CT molecular complexity index is 391. The van der Waals surface area contributed by atoms with Crippen LogP contribution in [0.15, 0.2) is 29.5 Å². The molecule has 1 fully saturated rings. The largest absolute Gasteiger partial charge is 0.261 e. The highest BCUT2D eigenvalue weighted by molar-refractivity contribution is 5.91. The third-order valence-electron chi connectivity index (χ3n) is 2.46. The predicted octanol–water partition coefficient (Wildman–Crippen LogP) is 2.17. The van der Waals surface area contributed by atoms with Gasteiger partial charge in [0.15, 0.2) is 0 Å². The number of nitrogens with zero attached hydrogens (tertiary/aromatic N) is 3. The maximum Gasteiger partial charge on any atom is 0.146 e. The number of nitrogens with one attached hydrogen (secondary N) is 1. The van der Waals surface area contributed by atoms with Crippen molar-refractivity contribution in [3.8, 4) is 6.07 Å². The van der Waals surface area contributed by atoms with Gasteiger partial charge in [-0.1, -0.05) is 6.07 Å². The van der Waals surface area contributed by atoms with E-state index < -0.39 is 0 Å². The van der Waals surface area contributed by atoms with Gasteiger partial charge in [-0.05, 0) is 31.4 Å². The van der Waals surface area contributed by atoms with Crippen molar-refractivity contribution in [2.75, 3.05) is 5.43 Å². The number of hydrogen-bond acceptors (Lipinski definition) is 4. The highest BCUT2D eigenvalue weighted by Crippen LogP contribution is 2.21. The average molecular weight is 200 g/mol. The van der Waals surface area contributed by atoms with E-state index in [4.69, 9.17) is 5.26 Å². The van der Waals surface area contributed by atoms with Gasteiger partial charge in [0.1, 0.15) is 5.82 Å². The van der Waals surface area contributed by atoms with Crippen molar-refractivity contribution in [1.29, 1.82) is 5.26 Å². The molecule has 76 valence electrons. The molecule has 1 unspecified atom stereocenters. The van der Waals surface area contributed by atoms with Crippen molar-refractivity contribution >= 4 is 11.5 Å². The molecular weight excluding hydrogens is 188 g/mol. The Balaban J connectivity index is 2.03. The van der Waals surface area contributed by atoms with E-state index in [9.17, 15) is 0 Å². The van der Waals surface area contributed by atoms with Crippen LogP contribution in [0.3, 0.4) is 0 Å². The van der Waals surface area contributed by atoms with E-state index >= 15 is 0 Å². The second-order valence-corrected chi connectivity index (χ2v) is 3.50. The van der Waals surface area contributed by atoms with E-state index in [0.29, 0.717) is 5.82 Å². The molecular formula is C11H12N4. The van der Waals surface area contributed by atoms with E-state index in [1.807, 2.05) is 18.2 Å². The number of pyridine rings is 1. The van der Waals surface area contributed by atoms with Crippen LogP contribution in [0, 0.1) is 17.2 Å². The molecule has 2 rings (SSSR count). The quantitative estimate of drug-likeness (QED) is 0.744. The number of aromatic nitrogens is 1. The second-order valence-electron chi connectivity index (χ2n) is 3.50. The van der Waals surface area contributed by atoms with Crippen LogP contribution in [0.25, 0.3) is 0 Å². The zero-order valence-electron chi connectivity index (χ0n) is 8.35. The third kappa shape index (κ3) is 2.32. The van der Waals surface area contributed by atoms with Gasteiger partial charge in [0, 0.05) is 6.20 Å². The summed E-state index contributed by atoms with van der Waals surface area (Å²) in [4.78, 5) is 4.09. The summed E-state index contributed by atoms with van der Waals surface area (Å²) in [6.45, 7) is 0. The van der Waals surface area contributed by atoms with E-state index in [1.54, 1.807) is 6.20 Å². The molecule has 4 heteroatoms. The number of rotatable bonds is 2. The monoisotopic (exact) mass is 200 g/mol. The lowest BCUT2D eigenvalue weighted by atomic mass is 10.1. The SMILES string of the molecule is N#CC1CCC/C1=N/Nc1ccccn1. The lowest BCUT2D eigenvalue weighted by Crippen LogP contribution is -2.07. The van der Waals surface area contributed by atoms with Gasteiger partial charge in [-0.2, -0.15) is 10.4 Å². The van der Waals surface area contributed by atoms with Crippen molar-refractivity contribution in [3.05, 3.63) is 24.4 Å². The molecule has 0 aromatic carbocycles. The van der Waals surface area contributed by atoms with Crippen LogP contribution in [-0.4, -0.2) is 10.7 Å². The zero-order valence-corrected chi connectivity index (χ0v) is 8.35. The minimum atomic E-state index is -0.0128. The molecule has 0 aliphatic heterocycles. The van der Waals surface area contributed by atoms with Crippen molar-refractivity contribution in [2.24, 2.45) is 11.0 Å². The van der Waals surface area contributed by atoms with Crippen LogP contribution in [0.5, 0.6) is 0 Å². The van der Waals surface area contributed by atoms with Gasteiger partial charge in [0.25, 0.3) is 0 Å². The van der Waals surface area contributed by atoms with Crippen molar-refractivity contribution in [3.63, 3.8) is 0 Å². The first-order valence-electron chi connectivity index (χ1n) is 5.03. The minimum absolute atomic E-state index is 0.0128. The van der Waals surface area contributed by atoms with Gasteiger partial charge >= 0.3 is 0 Å². The molecule has 0 spiro atoms. The fourth-order valence-corrected chi connectivity index (χ4v) is 1.66. The fraction of sp³-hybridized carbons (Fsp3) is 0.364. The minimum Gasteiger partial charge on any atom is -0.261 e. The molecule has 1 aliphatic carbocycles. The fourth-order valence-electron chi connectivity index (χ4n) is 1.66. The normalized spacial score (nSPS) is 22.6. The molecule has 15 heavy (non-hydrogen) atoms. The summed E-state index contributed by atoms with van der Waals surface area (Å²) < 4.78 is 0. The summed E-state index contributed by atoms with van der Waals surface area (Å²) in [5, 5.41) is 13.1. The zero-order chi connectivity index (χ0) is 10.5. The Kier molecular flexibility index (Phi) is 2.93. The summed E-state index contributed by atoms with van der Waals surface area (Å²) in [6.07, 6.45) is 4.61. The van der Waals surface area contributed by atoms with Gasteiger partial charge in [0.05, 0.1) is 17.7 Å². The molecule has 0 radical (unpaired) electrons. The van der Waals surface area contributed by atoms with Crippen LogP contribution >= 0.6 is 0 Å². The van der Waals surface area contributed by atoms with Crippen LogP contribution in [0.2, 0.25) is 0 Å². The number of anilines is 1. The summed E-state index contributed by atoms with van der Waals surface area (Å²) >= 11 is 0. The first-order chi connectivity index (χ1) is 7.40. The van der Waals surface area contributed by atoms with Crippen LogP contribution in [0.4, 0.5) is 5.82 Å². The average Bonchev–Trinajstić information content (AvgIpc) is 2.75. The Morgan fingerprint density at radius 1 is 1.53 bits per heavy atom. The molecule has 1 atom stereocenters. The predicted molar refractivity (Wildman–Crippen MR) is 58.2 cm³/mol. The lowest BCUT2D eigenvalue weighted by Gasteiger charge is -2.02. The smallest absolute Gasteiger partial charge is 0.146 e. The highest BCUT2D eigenvalue weighted by atomic mass is 15.3. The van der Waals surface area contributed by atoms with E-state index in [1.165, 1.54) is 0 Å². The van der Waals surface area contributed by atoms with Gasteiger partial charge < -0.3 is 0 Å².